The predicted molar refractivity (Wildman–Crippen MR) is 57.0 cm³/mol. The van der Waals surface area contributed by atoms with Gasteiger partial charge in [-0.2, -0.15) is 5.10 Å². The molecule has 1 saturated carbocycles. The molecular formula is C11H16N2O3. The Morgan fingerprint density at radius 2 is 2.44 bits per heavy atom. The van der Waals surface area contributed by atoms with Crippen molar-refractivity contribution >= 4 is 5.97 Å². The molecule has 1 aliphatic rings. The molecule has 0 unspecified atom stereocenters. The highest BCUT2D eigenvalue weighted by molar-refractivity contribution is 5.77. The summed E-state index contributed by atoms with van der Waals surface area (Å²) in [6.45, 7) is 1.39. The van der Waals surface area contributed by atoms with Gasteiger partial charge in [-0.3, -0.25) is 9.48 Å². The molecule has 88 valence electrons. The highest BCUT2D eigenvalue weighted by atomic mass is 16.5. The third kappa shape index (κ3) is 2.24. The average molecular weight is 224 g/mol. The summed E-state index contributed by atoms with van der Waals surface area (Å²) in [6.07, 6.45) is 4.68. The summed E-state index contributed by atoms with van der Waals surface area (Å²) in [5.41, 5.74) is 1.12. The lowest BCUT2D eigenvalue weighted by molar-refractivity contribution is -0.142. The first-order valence-electron chi connectivity index (χ1n) is 5.35. The number of nitrogens with zero attached hydrogens (tertiary/aromatic N) is 2. The number of aromatic nitrogens is 2. The van der Waals surface area contributed by atoms with Gasteiger partial charge in [0.25, 0.3) is 0 Å². The van der Waals surface area contributed by atoms with E-state index in [1.165, 1.54) is 7.11 Å². The number of carbonyl (C=O) groups excluding carboxylic acids is 1. The Labute approximate surface area is 94.3 Å². The quantitative estimate of drug-likeness (QED) is 0.694. The summed E-state index contributed by atoms with van der Waals surface area (Å²) in [4.78, 5) is 11.3. The van der Waals surface area contributed by atoms with E-state index < -0.39 is 0 Å². The first-order valence-corrected chi connectivity index (χ1v) is 5.35. The molecule has 5 heteroatoms. The van der Waals surface area contributed by atoms with Gasteiger partial charge < -0.3 is 9.47 Å². The predicted octanol–water partition coefficient (Wildman–Crippen LogP) is 0.806. The molecule has 0 aromatic carbocycles. The van der Waals surface area contributed by atoms with E-state index in [1.54, 1.807) is 7.11 Å². The van der Waals surface area contributed by atoms with Crippen LogP contribution in [0, 0.1) is 5.92 Å². The van der Waals surface area contributed by atoms with Gasteiger partial charge in [-0.15, -0.1) is 0 Å². The summed E-state index contributed by atoms with van der Waals surface area (Å²) in [5.74, 6) is 0.212. The molecule has 0 spiro atoms. The Morgan fingerprint density at radius 3 is 3.12 bits per heavy atom. The third-order valence-corrected chi connectivity index (χ3v) is 2.90. The SMILES string of the molecule is COCCn1cc([C@@H]2C[C@H]2C(=O)OC)cn1. The first-order chi connectivity index (χ1) is 7.76. The molecule has 1 aromatic heterocycles. The van der Waals surface area contributed by atoms with Gasteiger partial charge in [0.1, 0.15) is 0 Å². The van der Waals surface area contributed by atoms with E-state index in [4.69, 9.17) is 9.47 Å². The Morgan fingerprint density at radius 1 is 1.62 bits per heavy atom. The number of hydrogen-bond acceptors (Lipinski definition) is 4. The van der Waals surface area contributed by atoms with Crippen LogP contribution >= 0.6 is 0 Å². The molecule has 0 saturated heterocycles. The number of methoxy groups -OCH3 is 2. The molecule has 1 aliphatic carbocycles. The van der Waals surface area contributed by atoms with Gasteiger partial charge in [-0.1, -0.05) is 0 Å². The molecule has 0 amide bonds. The number of carbonyl (C=O) groups is 1. The summed E-state index contributed by atoms with van der Waals surface area (Å²) in [5, 5.41) is 4.22. The normalized spacial score (nSPS) is 23.1. The average Bonchev–Trinajstić information content (AvgIpc) is 2.97. The lowest BCUT2D eigenvalue weighted by Gasteiger charge is -1.98. The molecule has 1 heterocycles. The highest BCUT2D eigenvalue weighted by Crippen LogP contribution is 2.47. The number of esters is 1. The minimum atomic E-state index is -0.116. The third-order valence-electron chi connectivity index (χ3n) is 2.90. The number of rotatable bonds is 5. The Bertz CT molecular complexity index is 375. The van der Waals surface area contributed by atoms with Crippen molar-refractivity contribution in [3.05, 3.63) is 18.0 Å². The molecule has 0 radical (unpaired) electrons. The van der Waals surface area contributed by atoms with E-state index in [2.05, 4.69) is 5.10 Å². The Kier molecular flexibility index (Phi) is 3.24. The van der Waals surface area contributed by atoms with Crippen molar-refractivity contribution in [2.24, 2.45) is 5.92 Å². The van der Waals surface area contributed by atoms with E-state index in [9.17, 15) is 4.79 Å². The zero-order valence-electron chi connectivity index (χ0n) is 9.55. The molecule has 1 aromatic rings. The molecule has 0 bridgehead atoms. The molecule has 0 aliphatic heterocycles. The fraction of sp³-hybridized carbons (Fsp3) is 0.636. The molecule has 2 rings (SSSR count). The highest BCUT2D eigenvalue weighted by Gasteiger charge is 2.45. The Balaban J connectivity index is 1.91. The van der Waals surface area contributed by atoms with Crippen molar-refractivity contribution in [1.82, 2.24) is 9.78 Å². The molecule has 1 fully saturated rings. The van der Waals surface area contributed by atoms with E-state index in [1.807, 2.05) is 17.1 Å². The van der Waals surface area contributed by atoms with E-state index in [0.29, 0.717) is 12.5 Å². The van der Waals surface area contributed by atoms with E-state index in [-0.39, 0.29) is 11.9 Å². The molecule has 5 nitrogen and oxygen atoms in total. The lowest BCUT2D eigenvalue weighted by Crippen LogP contribution is -2.04. The fourth-order valence-corrected chi connectivity index (χ4v) is 1.85. The van der Waals surface area contributed by atoms with Crippen molar-refractivity contribution in [2.75, 3.05) is 20.8 Å². The van der Waals surface area contributed by atoms with Crippen molar-refractivity contribution in [1.29, 1.82) is 0 Å². The zero-order chi connectivity index (χ0) is 11.5. The second-order valence-electron chi connectivity index (χ2n) is 4.00. The van der Waals surface area contributed by atoms with Crippen LogP contribution in [0.25, 0.3) is 0 Å². The first kappa shape index (κ1) is 11.1. The summed E-state index contributed by atoms with van der Waals surface area (Å²) >= 11 is 0. The van der Waals surface area contributed by atoms with Gasteiger partial charge in [0.2, 0.25) is 0 Å². The topological polar surface area (TPSA) is 53.4 Å². The zero-order valence-corrected chi connectivity index (χ0v) is 9.55. The van der Waals surface area contributed by atoms with Gasteiger partial charge in [0.15, 0.2) is 0 Å². The van der Waals surface area contributed by atoms with E-state index >= 15 is 0 Å². The molecule has 2 atom stereocenters. The lowest BCUT2D eigenvalue weighted by atomic mass is 10.2. The van der Waals surface area contributed by atoms with Crippen molar-refractivity contribution in [2.45, 2.75) is 18.9 Å². The standard InChI is InChI=1S/C11H16N2O3/c1-15-4-3-13-7-8(6-12-13)9-5-10(9)11(14)16-2/h6-7,9-10H,3-5H2,1-2H3/t9-,10+/m0/s1. The molecular weight excluding hydrogens is 208 g/mol. The van der Waals surface area contributed by atoms with Crippen LogP contribution in [0.2, 0.25) is 0 Å². The smallest absolute Gasteiger partial charge is 0.309 e. The van der Waals surface area contributed by atoms with Crippen LogP contribution in [0.3, 0.4) is 0 Å². The van der Waals surface area contributed by atoms with Crippen LogP contribution in [0.15, 0.2) is 12.4 Å². The maximum Gasteiger partial charge on any atom is 0.309 e. The van der Waals surface area contributed by atoms with Gasteiger partial charge in [-0.25, -0.2) is 0 Å². The van der Waals surface area contributed by atoms with Crippen LogP contribution in [0.5, 0.6) is 0 Å². The van der Waals surface area contributed by atoms with Gasteiger partial charge >= 0.3 is 5.97 Å². The van der Waals surface area contributed by atoms with Crippen LogP contribution < -0.4 is 0 Å². The second kappa shape index (κ2) is 4.65. The van der Waals surface area contributed by atoms with Crippen LogP contribution in [0.1, 0.15) is 17.9 Å². The van der Waals surface area contributed by atoms with Gasteiger partial charge in [0, 0.05) is 19.2 Å². The fourth-order valence-electron chi connectivity index (χ4n) is 1.85. The van der Waals surface area contributed by atoms with Crippen LogP contribution in [-0.2, 0) is 20.8 Å². The summed E-state index contributed by atoms with van der Waals surface area (Å²) in [6, 6.07) is 0. The van der Waals surface area contributed by atoms with E-state index in [0.717, 1.165) is 18.5 Å². The monoisotopic (exact) mass is 224 g/mol. The minimum Gasteiger partial charge on any atom is -0.469 e. The molecule has 16 heavy (non-hydrogen) atoms. The summed E-state index contributed by atoms with van der Waals surface area (Å²) < 4.78 is 11.5. The van der Waals surface area contributed by atoms with Gasteiger partial charge in [-0.05, 0) is 12.0 Å². The minimum absolute atomic E-state index is 0.0325. The van der Waals surface area contributed by atoms with Crippen molar-refractivity contribution in [3.8, 4) is 0 Å². The van der Waals surface area contributed by atoms with Crippen LogP contribution in [-0.4, -0.2) is 36.6 Å². The maximum absolute atomic E-state index is 11.3. The summed E-state index contributed by atoms with van der Waals surface area (Å²) in [7, 11) is 3.10. The number of ether oxygens (including phenoxy) is 2. The van der Waals surface area contributed by atoms with Gasteiger partial charge in [0.05, 0.1) is 32.4 Å². The van der Waals surface area contributed by atoms with Crippen molar-refractivity contribution in [3.63, 3.8) is 0 Å². The Hall–Kier alpha value is -1.36. The van der Waals surface area contributed by atoms with Crippen molar-refractivity contribution < 1.29 is 14.3 Å². The maximum atomic E-state index is 11.3. The van der Waals surface area contributed by atoms with Crippen LogP contribution in [0.4, 0.5) is 0 Å². The molecule has 0 N–H and O–H groups in total. The largest absolute Gasteiger partial charge is 0.469 e. The second-order valence-corrected chi connectivity index (χ2v) is 4.00. The number of hydrogen-bond donors (Lipinski definition) is 0.